The lowest BCUT2D eigenvalue weighted by molar-refractivity contribution is 0.0469. The highest BCUT2D eigenvalue weighted by molar-refractivity contribution is 6.01. The first-order valence-corrected chi connectivity index (χ1v) is 8.00. The molecule has 6 heteroatoms. The molecular formula is C18H21N3O3. The van der Waals surface area contributed by atoms with E-state index in [2.05, 4.69) is 9.55 Å². The summed E-state index contributed by atoms with van der Waals surface area (Å²) in [6, 6.07) is 4.08. The van der Waals surface area contributed by atoms with Crippen LogP contribution in [-0.2, 0) is 4.74 Å². The second kappa shape index (κ2) is 6.11. The minimum atomic E-state index is -0.680. The molecule has 24 heavy (non-hydrogen) atoms. The monoisotopic (exact) mass is 327 g/mol. The number of aromatic nitrogens is 2. The lowest BCUT2D eigenvalue weighted by Crippen LogP contribution is -2.17. The number of ether oxygens (including phenoxy) is 1. The summed E-state index contributed by atoms with van der Waals surface area (Å²) in [6.07, 6.45) is 3.79. The number of esters is 1. The minimum Gasteiger partial charge on any atom is -0.453 e. The fraction of sp³-hybridized carbons (Fsp3) is 0.389. The van der Waals surface area contributed by atoms with Gasteiger partial charge in [-0.2, -0.15) is 0 Å². The number of hydrogen-bond donors (Lipinski definition) is 1. The third kappa shape index (κ3) is 2.91. The van der Waals surface area contributed by atoms with Crippen LogP contribution in [0.2, 0.25) is 0 Å². The van der Waals surface area contributed by atoms with Gasteiger partial charge in [-0.15, -0.1) is 0 Å². The van der Waals surface area contributed by atoms with E-state index < -0.39 is 5.97 Å². The Labute approximate surface area is 140 Å². The maximum absolute atomic E-state index is 12.4. The lowest BCUT2D eigenvalue weighted by Gasteiger charge is -2.08. The number of Topliss-reactive ketones (excluding diaryl/α,β-unsaturated/α-hetero) is 1. The van der Waals surface area contributed by atoms with Crippen LogP contribution in [0.4, 0.5) is 5.69 Å². The van der Waals surface area contributed by atoms with Crippen molar-refractivity contribution in [3.05, 3.63) is 46.5 Å². The number of anilines is 1. The van der Waals surface area contributed by atoms with Crippen LogP contribution < -0.4 is 5.73 Å². The van der Waals surface area contributed by atoms with Crippen molar-refractivity contribution in [2.75, 3.05) is 12.3 Å². The van der Waals surface area contributed by atoms with Crippen molar-refractivity contribution in [3.63, 3.8) is 0 Å². The molecule has 0 unspecified atom stereocenters. The van der Waals surface area contributed by atoms with Crippen molar-refractivity contribution < 1.29 is 14.3 Å². The highest BCUT2D eigenvalue weighted by Gasteiger charge is 2.28. The number of nitrogens with zero attached hydrogens (tertiary/aromatic N) is 2. The number of aryl methyl sites for hydroxylation is 2. The molecular weight excluding hydrogens is 306 g/mol. The molecule has 1 fully saturated rings. The average Bonchev–Trinajstić information content (AvgIpc) is 3.33. The predicted octanol–water partition coefficient (Wildman–Crippen LogP) is 2.77. The number of carbonyl (C=O) groups is 2. The minimum absolute atomic E-state index is 0.0475. The lowest BCUT2D eigenvalue weighted by atomic mass is 10.1. The quantitative estimate of drug-likeness (QED) is 0.674. The Morgan fingerprint density at radius 3 is 2.71 bits per heavy atom. The molecule has 1 aliphatic carbocycles. The zero-order chi connectivity index (χ0) is 17.4. The molecule has 2 heterocycles. The Hall–Kier alpha value is -2.63. The van der Waals surface area contributed by atoms with Gasteiger partial charge in [0.05, 0.1) is 5.69 Å². The first-order valence-electron chi connectivity index (χ1n) is 8.00. The van der Waals surface area contributed by atoms with Gasteiger partial charge in [0, 0.05) is 29.2 Å². The number of rotatable bonds is 5. The molecule has 0 atom stereocenters. The number of nitrogens with two attached hydrogens (primary N) is 1. The molecule has 2 N–H and O–H groups in total. The van der Waals surface area contributed by atoms with E-state index in [1.54, 1.807) is 13.0 Å². The van der Waals surface area contributed by atoms with Gasteiger partial charge in [-0.05, 0) is 51.3 Å². The Morgan fingerprint density at radius 1 is 1.33 bits per heavy atom. The first-order chi connectivity index (χ1) is 11.4. The molecule has 126 valence electrons. The third-order valence-electron chi connectivity index (χ3n) is 4.43. The molecule has 2 aromatic rings. The highest BCUT2D eigenvalue weighted by atomic mass is 16.5. The number of nitrogen functional groups attached to an aromatic ring is 1. The van der Waals surface area contributed by atoms with Crippen molar-refractivity contribution in [1.82, 2.24) is 9.55 Å². The Kier molecular flexibility index (Phi) is 4.13. The third-order valence-corrected chi connectivity index (χ3v) is 4.43. The molecule has 1 saturated carbocycles. The van der Waals surface area contributed by atoms with Crippen molar-refractivity contribution in [3.8, 4) is 0 Å². The van der Waals surface area contributed by atoms with E-state index in [9.17, 15) is 9.59 Å². The van der Waals surface area contributed by atoms with E-state index in [4.69, 9.17) is 10.5 Å². The second-order valence-corrected chi connectivity index (χ2v) is 6.28. The summed E-state index contributed by atoms with van der Waals surface area (Å²) in [6.45, 7) is 5.39. The van der Waals surface area contributed by atoms with Crippen LogP contribution >= 0.6 is 0 Å². The Bertz CT molecular complexity index is 819. The van der Waals surface area contributed by atoms with Crippen molar-refractivity contribution in [1.29, 1.82) is 0 Å². The van der Waals surface area contributed by atoms with Gasteiger partial charge in [0.1, 0.15) is 0 Å². The van der Waals surface area contributed by atoms with Crippen LogP contribution in [-0.4, -0.2) is 27.9 Å². The summed E-state index contributed by atoms with van der Waals surface area (Å²) in [7, 11) is 0. The maximum atomic E-state index is 12.4. The van der Waals surface area contributed by atoms with Gasteiger partial charge < -0.3 is 15.0 Å². The summed E-state index contributed by atoms with van der Waals surface area (Å²) < 4.78 is 7.31. The van der Waals surface area contributed by atoms with Crippen LogP contribution in [0.15, 0.2) is 18.3 Å². The van der Waals surface area contributed by atoms with Crippen LogP contribution in [0.1, 0.15) is 56.7 Å². The van der Waals surface area contributed by atoms with Gasteiger partial charge in [0.15, 0.2) is 12.3 Å². The molecule has 0 aliphatic heterocycles. The van der Waals surface area contributed by atoms with Crippen LogP contribution in [0.5, 0.6) is 0 Å². The summed E-state index contributed by atoms with van der Waals surface area (Å²) in [5.41, 5.74) is 9.52. The SMILES string of the molecule is Cc1ccnc(C(=O)OCC(=O)c2cc(C)n(C3CC3)c2C)c1N. The zero-order valence-corrected chi connectivity index (χ0v) is 14.1. The molecule has 1 aliphatic rings. The molecule has 0 spiro atoms. The smallest absolute Gasteiger partial charge is 0.359 e. The van der Waals surface area contributed by atoms with E-state index in [0.29, 0.717) is 11.6 Å². The summed E-state index contributed by atoms with van der Waals surface area (Å²) in [5.74, 6) is -0.893. The largest absolute Gasteiger partial charge is 0.453 e. The van der Waals surface area contributed by atoms with Gasteiger partial charge in [-0.1, -0.05) is 0 Å². The van der Waals surface area contributed by atoms with E-state index in [1.807, 2.05) is 19.9 Å². The molecule has 3 rings (SSSR count). The van der Waals surface area contributed by atoms with Gasteiger partial charge in [0.25, 0.3) is 0 Å². The normalized spacial score (nSPS) is 13.8. The number of hydrogen-bond acceptors (Lipinski definition) is 5. The molecule has 0 aromatic carbocycles. The Balaban J connectivity index is 1.71. The van der Waals surface area contributed by atoms with Gasteiger partial charge >= 0.3 is 5.97 Å². The predicted molar refractivity (Wildman–Crippen MR) is 90.2 cm³/mol. The summed E-state index contributed by atoms with van der Waals surface area (Å²) in [4.78, 5) is 28.5. The first kappa shape index (κ1) is 16.2. The van der Waals surface area contributed by atoms with Gasteiger partial charge in [-0.25, -0.2) is 9.78 Å². The van der Waals surface area contributed by atoms with Crippen LogP contribution in [0, 0.1) is 20.8 Å². The second-order valence-electron chi connectivity index (χ2n) is 6.28. The summed E-state index contributed by atoms with van der Waals surface area (Å²) in [5, 5.41) is 0. The molecule has 2 aromatic heterocycles. The molecule has 6 nitrogen and oxygen atoms in total. The molecule has 0 radical (unpaired) electrons. The van der Waals surface area contributed by atoms with E-state index in [0.717, 1.165) is 29.8 Å². The Morgan fingerprint density at radius 2 is 2.04 bits per heavy atom. The molecule has 0 bridgehead atoms. The fourth-order valence-corrected chi connectivity index (χ4v) is 2.96. The van der Waals surface area contributed by atoms with Crippen molar-refractivity contribution in [2.24, 2.45) is 0 Å². The highest BCUT2D eigenvalue weighted by Crippen LogP contribution is 2.38. The van der Waals surface area contributed by atoms with Gasteiger partial charge in [0.2, 0.25) is 5.78 Å². The maximum Gasteiger partial charge on any atom is 0.359 e. The van der Waals surface area contributed by atoms with Gasteiger partial charge in [-0.3, -0.25) is 4.79 Å². The van der Waals surface area contributed by atoms with E-state index in [-0.39, 0.29) is 23.8 Å². The number of carbonyl (C=O) groups excluding carboxylic acids is 2. The average molecular weight is 327 g/mol. The fourth-order valence-electron chi connectivity index (χ4n) is 2.96. The topological polar surface area (TPSA) is 87.2 Å². The van der Waals surface area contributed by atoms with E-state index in [1.165, 1.54) is 6.20 Å². The molecule has 0 amide bonds. The number of pyridine rings is 1. The van der Waals surface area contributed by atoms with Crippen molar-refractivity contribution in [2.45, 2.75) is 39.7 Å². The van der Waals surface area contributed by atoms with Crippen LogP contribution in [0.25, 0.3) is 0 Å². The van der Waals surface area contributed by atoms with Crippen molar-refractivity contribution >= 4 is 17.4 Å². The zero-order valence-electron chi connectivity index (χ0n) is 14.1. The number of ketones is 1. The molecule has 0 saturated heterocycles. The standard InChI is InChI=1S/C18H21N3O3/c1-10-6-7-20-17(16(10)19)18(23)24-9-15(22)14-8-11(2)21(12(14)3)13-4-5-13/h6-8,13H,4-5,9,19H2,1-3H3. The van der Waals surface area contributed by atoms with Crippen LogP contribution in [0.3, 0.4) is 0 Å². The van der Waals surface area contributed by atoms with E-state index >= 15 is 0 Å². The summed E-state index contributed by atoms with van der Waals surface area (Å²) >= 11 is 0.